The number of aromatic nitrogens is 1. The molecule has 0 radical (unpaired) electrons. The Labute approximate surface area is 160 Å². The van der Waals surface area contributed by atoms with E-state index < -0.39 is 10.8 Å². The van der Waals surface area contributed by atoms with Crippen LogP contribution in [0, 0.1) is 10.1 Å². The van der Waals surface area contributed by atoms with Gasteiger partial charge in [0.25, 0.3) is 5.91 Å². The molecule has 0 fully saturated rings. The number of anilines is 1. The van der Waals surface area contributed by atoms with Gasteiger partial charge >= 0.3 is 5.00 Å². The van der Waals surface area contributed by atoms with Crippen molar-refractivity contribution in [1.29, 1.82) is 0 Å². The number of nitrogens with zero attached hydrogens (tertiary/aromatic N) is 2. The standard InChI is InChI=1S/C17H11N3O5S2/c1-24-10-3-2-9-6-13(25-12(9)7-10)11-8-26-17(18-11)19-16(21)14-4-5-15(27-14)20(22)23/h2-8H,1H3,(H,18,19,21). The van der Waals surface area contributed by atoms with E-state index in [9.17, 15) is 14.9 Å². The summed E-state index contributed by atoms with van der Waals surface area (Å²) in [5.74, 6) is 0.824. The Bertz CT molecular complexity index is 1160. The quantitative estimate of drug-likeness (QED) is 0.381. The smallest absolute Gasteiger partial charge is 0.324 e. The number of nitro groups is 1. The summed E-state index contributed by atoms with van der Waals surface area (Å²) in [4.78, 5) is 27.0. The SMILES string of the molecule is COc1ccc2cc(-c3csc(NC(=O)c4ccc([N+](=O)[O-])s4)n3)oc2c1. The molecule has 0 saturated carbocycles. The number of hydrogen-bond acceptors (Lipinski definition) is 8. The number of ether oxygens (including phenoxy) is 1. The molecule has 0 aliphatic rings. The van der Waals surface area contributed by atoms with E-state index in [0.717, 1.165) is 16.7 Å². The fraction of sp³-hybridized carbons (Fsp3) is 0.0588. The number of carbonyl (C=O) groups is 1. The maximum Gasteiger partial charge on any atom is 0.324 e. The van der Waals surface area contributed by atoms with E-state index in [0.29, 0.717) is 27.9 Å². The highest BCUT2D eigenvalue weighted by Crippen LogP contribution is 2.32. The van der Waals surface area contributed by atoms with Gasteiger partial charge in [0.15, 0.2) is 10.9 Å². The molecule has 0 saturated heterocycles. The Morgan fingerprint density at radius 2 is 2.15 bits per heavy atom. The average Bonchev–Trinajstić information content (AvgIpc) is 3.39. The highest BCUT2D eigenvalue weighted by molar-refractivity contribution is 7.17. The van der Waals surface area contributed by atoms with Gasteiger partial charge in [-0.2, -0.15) is 0 Å². The summed E-state index contributed by atoms with van der Waals surface area (Å²) in [6.07, 6.45) is 0. The molecule has 3 aromatic heterocycles. The fourth-order valence-corrected chi connectivity index (χ4v) is 3.83. The Hall–Kier alpha value is -3.24. The molecule has 0 unspecified atom stereocenters. The van der Waals surface area contributed by atoms with Gasteiger partial charge in [-0.25, -0.2) is 4.98 Å². The molecule has 1 aromatic carbocycles. The molecule has 8 nitrogen and oxygen atoms in total. The van der Waals surface area contributed by atoms with Crippen LogP contribution in [-0.2, 0) is 0 Å². The van der Waals surface area contributed by atoms with Crippen molar-refractivity contribution in [2.24, 2.45) is 0 Å². The van der Waals surface area contributed by atoms with Gasteiger partial charge in [0.1, 0.15) is 17.0 Å². The third-order valence-electron chi connectivity index (χ3n) is 3.70. The first-order valence-electron chi connectivity index (χ1n) is 7.62. The average molecular weight is 401 g/mol. The second-order valence-corrected chi connectivity index (χ2v) is 7.32. The summed E-state index contributed by atoms with van der Waals surface area (Å²) in [5, 5.41) is 16.3. The molecular weight excluding hydrogens is 390 g/mol. The predicted molar refractivity (Wildman–Crippen MR) is 103 cm³/mol. The first kappa shape index (κ1) is 17.2. The number of thiazole rings is 1. The molecule has 136 valence electrons. The minimum Gasteiger partial charge on any atom is -0.497 e. The normalized spacial score (nSPS) is 10.9. The number of furan rings is 1. The molecule has 0 spiro atoms. The molecule has 0 aliphatic carbocycles. The van der Waals surface area contributed by atoms with E-state index in [1.54, 1.807) is 18.6 Å². The lowest BCUT2D eigenvalue weighted by Crippen LogP contribution is -2.09. The molecule has 1 N–H and O–H groups in total. The zero-order valence-electron chi connectivity index (χ0n) is 13.8. The highest BCUT2D eigenvalue weighted by Gasteiger charge is 2.17. The van der Waals surface area contributed by atoms with Crippen LogP contribution in [0.3, 0.4) is 0 Å². The molecular formula is C17H11N3O5S2. The summed E-state index contributed by atoms with van der Waals surface area (Å²) in [7, 11) is 1.59. The number of benzene rings is 1. The first-order valence-corrected chi connectivity index (χ1v) is 9.32. The van der Waals surface area contributed by atoms with Gasteiger partial charge in [-0.1, -0.05) is 11.3 Å². The van der Waals surface area contributed by atoms with Crippen molar-refractivity contribution in [3.05, 3.63) is 56.8 Å². The van der Waals surface area contributed by atoms with Crippen LogP contribution in [-0.4, -0.2) is 22.9 Å². The zero-order chi connectivity index (χ0) is 19.0. The fourth-order valence-electron chi connectivity index (χ4n) is 2.42. The van der Waals surface area contributed by atoms with Crippen LogP contribution < -0.4 is 10.1 Å². The molecule has 0 aliphatic heterocycles. The maximum atomic E-state index is 12.2. The highest BCUT2D eigenvalue weighted by atomic mass is 32.1. The molecule has 10 heteroatoms. The molecule has 0 bridgehead atoms. The number of amides is 1. The van der Waals surface area contributed by atoms with Crippen LogP contribution in [0.2, 0.25) is 0 Å². The molecule has 27 heavy (non-hydrogen) atoms. The van der Waals surface area contributed by atoms with Crippen LogP contribution >= 0.6 is 22.7 Å². The van der Waals surface area contributed by atoms with Crippen LogP contribution in [0.25, 0.3) is 22.4 Å². The Morgan fingerprint density at radius 3 is 2.89 bits per heavy atom. The number of hydrogen-bond donors (Lipinski definition) is 1. The van der Waals surface area contributed by atoms with Crippen molar-refractivity contribution in [2.45, 2.75) is 0 Å². The first-order chi connectivity index (χ1) is 13.0. The van der Waals surface area contributed by atoms with Crippen molar-refractivity contribution >= 4 is 49.7 Å². The van der Waals surface area contributed by atoms with Crippen LogP contribution in [0.4, 0.5) is 10.1 Å². The van der Waals surface area contributed by atoms with Crippen LogP contribution in [0.5, 0.6) is 5.75 Å². The van der Waals surface area contributed by atoms with Crippen molar-refractivity contribution in [2.75, 3.05) is 12.4 Å². The maximum absolute atomic E-state index is 12.2. The third kappa shape index (κ3) is 3.39. The number of methoxy groups -OCH3 is 1. The van der Waals surface area contributed by atoms with E-state index in [1.165, 1.54) is 23.5 Å². The van der Waals surface area contributed by atoms with Crippen molar-refractivity contribution < 1.29 is 18.9 Å². The lowest BCUT2D eigenvalue weighted by molar-refractivity contribution is -0.380. The van der Waals surface area contributed by atoms with Gasteiger partial charge in [-0.05, 0) is 24.3 Å². The van der Waals surface area contributed by atoms with Gasteiger partial charge < -0.3 is 9.15 Å². The second kappa shape index (κ2) is 6.82. The van der Waals surface area contributed by atoms with Gasteiger partial charge in [-0.15, -0.1) is 11.3 Å². The molecule has 4 aromatic rings. The number of thiophene rings is 1. The minimum absolute atomic E-state index is 0.0855. The summed E-state index contributed by atoms with van der Waals surface area (Å²) < 4.78 is 11.0. The van der Waals surface area contributed by atoms with Crippen molar-refractivity contribution in [3.63, 3.8) is 0 Å². The van der Waals surface area contributed by atoms with E-state index in [-0.39, 0.29) is 9.88 Å². The third-order valence-corrected chi connectivity index (χ3v) is 5.49. The summed E-state index contributed by atoms with van der Waals surface area (Å²) >= 11 is 2.05. The summed E-state index contributed by atoms with van der Waals surface area (Å²) in [6, 6.07) is 10.1. The number of fused-ring (bicyclic) bond motifs is 1. The zero-order valence-corrected chi connectivity index (χ0v) is 15.4. The number of rotatable bonds is 5. The summed E-state index contributed by atoms with van der Waals surface area (Å²) in [6.45, 7) is 0. The van der Waals surface area contributed by atoms with E-state index in [2.05, 4.69) is 10.3 Å². The van der Waals surface area contributed by atoms with Gasteiger partial charge in [0.2, 0.25) is 0 Å². The van der Waals surface area contributed by atoms with Crippen LogP contribution in [0.1, 0.15) is 9.67 Å². The van der Waals surface area contributed by atoms with Gasteiger partial charge in [0.05, 0.1) is 16.9 Å². The predicted octanol–water partition coefficient (Wildman–Crippen LogP) is 4.79. The topological polar surface area (TPSA) is 108 Å². The van der Waals surface area contributed by atoms with Crippen molar-refractivity contribution in [1.82, 2.24) is 4.98 Å². The summed E-state index contributed by atoms with van der Waals surface area (Å²) in [5.41, 5.74) is 1.26. The second-order valence-electron chi connectivity index (χ2n) is 5.40. The molecule has 4 rings (SSSR count). The lowest BCUT2D eigenvalue weighted by atomic mass is 10.2. The van der Waals surface area contributed by atoms with Crippen molar-refractivity contribution in [3.8, 4) is 17.2 Å². The van der Waals surface area contributed by atoms with Gasteiger partial charge in [-0.3, -0.25) is 20.2 Å². The number of nitrogens with one attached hydrogen (secondary N) is 1. The van der Waals surface area contributed by atoms with E-state index in [1.807, 2.05) is 18.2 Å². The van der Waals surface area contributed by atoms with Crippen LogP contribution in [0.15, 0.2) is 46.2 Å². The Kier molecular flexibility index (Phi) is 4.34. The minimum atomic E-state index is -0.528. The van der Waals surface area contributed by atoms with E-state index >= 15 is 0 Å². The molecule has 1 amide bonds. The largest absolute Gasteiger partial charge is 0.497 e. The molecule has 3 heterocycles. The van der Waals surface area contributed by atoms with E-state index in [4.69, 9.17) is 9.15 Å². The lowest BCUT2D eigenvalue weighted by Gasteiger charge is -1.97. The number of carbonyl (C=O) groups excluding carboxylic acids is 1. The Morgan fingerprint density at radius 1 is 1.30 bits per heavy atom. The Balaban J connectivity index is 1.54. The molecule has 0 atom stereocenters. The van der Waals surface area contributed by atoms with Gasteiger partial charge in [0, 0.05) is 22.9 Å². The monoisotopic (exact) mass is 401 g/mol.